The normalized spacial score (nSPS) is 17.7. The minimum Gasteiger partial charge on any atom is -0.465 e. The van der Waals surface area contributed by atoms with Crippen LogP contribution in [0.25, 0.3) is 0 Å². The zero-order chi connectivity index (χ0) is 26.1. The first kappa shape index (κ1) is 33.0. The van der Waals surface area contributed by atoms with E-state index in [-0.39, 0.29) is 23.8 Å². The molecular formula is C32H60O4. The third-order valence-corrected chi connectivity index (χ3v) is 7.86. The standard InChI is InChI=1S/C32H60O4/c1-3-5-7-9-11-13-15-17-19-23-27-35-31(33)29-25-21-22-26-30(29)32(34)36-28-24-20-18-16-14-12-10-8-6-4-2/h29-30H,3-28H2,1-2H3. The van der Waals surface area contributed by atoms with Crippen LogP contribution in [-0.2, 0) is 19.1 Å². The van der Waals surface area contributed by atoms with Crippen molar-refractivity contribution in [2.24, 2.45) is 11.8 Å². The van der Waals surface area contributed by atoms with Gasteiger partial charge in [-0.05, 0) is 25.7 Å². The molecular weight excluding hydrogens is 448 g/mol. The molecule has 1 fully saturated rings. The van der Waals surface area contributed by atoms with Crippen LogP contribution in [0.1, 0.15) is 168 Å². The summed E-state index contributed by atoms with van der Waals surface area (Å²) in [6, 6.07) is 0. The second-order valence-electron chi connectivity index (χ2n) is 11.2. The van der Waals surface area contributed by atoms with E-state index in [4.69, 9.17) is 9.47 Å². The van der Waals surface area contributed by atoms with Gasteiger partial charge < -0.3 is 9.47 Å². The van der Waals surface area contributed by atoms with E-state index in [1.807, 2.05) is 0 Å². The fourth-order valence-corrected chi connectivity index (χ4v) is 5.43. The third-order valence-electron chi connectivity index (χ3n) is 7.86. The zero-order valence-electron chi connectivity index (χ0n) is 24.2. The average molecular weight is 509 g/mol. The van der Waals surface area contributed by atoms with Crippen molar-refractivity contribution in [1.82, 2.24) is 0 Å². The summed E-state index contributed by atoms with van der Waals surface area (Å²) in [5.74, 6) is -0.956. The van der Waals surface area contributed by atoms with E-state index < -0.39 is 0 Å². The summed E-state index contributed by atoms with van der Waals surface area (Å²) in [4.78, 5) is 25.4. The van der Waals surface area contributed by atoms with Gasteiger partial charge in [0.1, 0.15) is 0 Å². The van der Waals surface area contributed by atoms with E-state index in [1.54, 1.807) is 0 Å². The summed E-state index contributed by atoms with van der Waals surface area (Å²) >= 11 is 0. The average Bonchev–Trinajstić information content (AvgIpc) is 2.90. The van der Waals surface area contributed by atoms with Crippen molar-refractivity contribution < 1.29 is 19.1 Å². The van der Waals surface area contributed by atoms with Gasteiger partial charge in [0.2, 0.25) is 0 Å². The Morgan fingerprint density at radius 1 is 0.472 bits per heavy atom. The number of unbranched alkanes of at least 4 members (excludes halogenated alkanes) is 18. The quantitative estimate of drug-likeness (QED) is 0.0961. The number of rotatable bonds is 24. The minimum atomic E-state index is -0.304. The molecule has 4 heteroatoms. The highest BCUT2D eigenvalue weighted by Crippen LogP contribution is 2.32. The van der Waals surface area contributed by atoms with Gasteiger partial charge in [-0.1, -0.05) is 142 Å². The predicted molar refractivity (Wildman–Crippen MR) is 151 cm³/mol. The largest absolute Gasteiger partial charge is 0.465 e. The number of carbonyl (C=O) groups excluding carboxylic acids is 2. The highest BCUT2D eigenvalue weighted by atomic mass is 16.5. The van der Waals surface area contributed by atoms with Gasteiger partial charge in [0.25, 0.3) is 0 Å². The molecule has 1 aliphatic rings. The summed E-state index contributed by atoms with van der Waals surface area (Å²) in [6.45, 7) is 5.50. The highest BCUT2D eigenvalue weighted by molar-refractivity contribution is 5.82. The smallest absolute Gasteiger partial charge is 0.309 e. The van der Waals surface area contributed by atoms with Gasteiger partial charge in [0.15, 0.2) is 0 Å². The first-order valence-electron chi connectivity index (χ1n) is 16.0. The Labute approximate surface area is 224 Å². The predicted octanol–water partition coefficient (Wildman–Crippen LogP) is 9.72. The molecule has 2 atom stereocenters. The number of carbonyl (C=O) groups is 2. The van der Waals surface area contributed by atoms with Crippen LogP contribution in [0.15, 0.2) is 0 Å². The Morgan fingerprint density at radius 2 is 0.750 bits per heavy atom. The minimum absolute atomic E-state index is 0.175. The number of esters is 2. The molecule has 0 bridgehead atoms. The van der Waals surface area contributed by atoms with Gasteiger partial charge in [-0.3, -0.25) is 9.59 Å². The molecule has 212 valence electrons. The lowest BCUT2D eigenvalue weighted by Crippen LogP contribution is -2.35. The Morgan fingerprint density at radius 3 is 1.06 bits per heavy atom. The van der Waals surface area contributed by atoms with Crippen molar-refractivity contribution in [2.45, 2.75) is 168 Å². The summed E-state index contributed by atoms with van der Waals surface area (Å²) in [6.07, 6.45) is 28.9. The van der Waals surface area contributed by atoms with Crippen molar-refractivity contribution in [2.75, 3.05) is 13.2 Å². The van der Waals surface area contributed by atoms with Crippen LogP contribution in [0.4, 0.5) is 0 Å². The van der Waals surface area contributed by atoms with Crippen molar-refractivity contribution in [3.8, 4) is 0 Å². The molecule has 0 aromatic rings. The second kappa shape index (κ2) is 24.3. The summed E-state index contributed by atoms with van der Waals surface area (Å²) in [7, 11) is 0. The van der Waals surface area contributed by atoms with Crippen LogP contribution < -0.4 is 0 Å². The lowest BCUT2D eigenvalue weighted by atomic mass is 9.79. The molecule has 4 nitrogen and oxygen atoms in total. The molecule has 0 aromatic heterocycles. The van der Waals surface area contributed by atoms with Crippen LogP contribution in [0.2, 0.25) is 0 Å². The van der Waals surface area contributed by atoms with Gasteiger partial charge >= 0.3 is 11.9 Å². The molecule has 0 heterocycles. The van der Waals surface area contributed by atoms with Crippen LogP contribution >= 0.6 is 0 Å². The van der Waals surface area contributed by atoms with Gasteiger partial charge in [0.05, 0.1) is 25.0 Å². The van der Waals surface area contributed by atoms with E-state index in [2.05, 4.69) is 13.8 Å². The van der Waals surface area contributed by atoms with Crippen molar-refractivity contribution >= 4 is 11.9 Å². The van der Waals surface area contributed by atoms with E-state index in [0.29, 0.717) is 13.2 Å². The molecule has 2 unspecified atom stereocenters. The molecule has 0 saturated heterocycles. The molecule has 0 aromatic carbocycles. The van der Waals surface area contributed by atoms with Gasteiger partial charge in [-0.25, -0.2) is 0 Å². The zero-order valence-corrected chi connectivity index (χ0v) is 24.2. The lowest BCUT2D eigenvalue weighted by Gasteiger charge is -2.28. The van der Waals surface area contributed by atoms with Crippen LogP contribution in [0.5, 0.6) is 0 Å². The second-order valence-corrected chi connectivity index (χ2v) is 11.2. The molecule has 1 rings (SSSR count). The Balaban J connectivity index is 2.08. The third kappa shape index (κ3) is 17.4. The molecule has 0 amide bonds. The fraction of sp³-hybridized carbons (Fsp3) is 0.938. The Kier molecular flexibility index (Phi) is 22.2. The van der Waals surface area contributed by atoms with E-state index in [1.165, 1.54) is 103 Å². The first-order valence-corrected chi connectivity index (χ1v) is 16.0. The van der Waals surface area contributed by atoms with E-state index in [0.717, 1.165) is 51.4 Å². The maximum absolute atomic E-state index is 12.7. The van der Waals surface area contributed by atoms with E-state index in [9.17, 15) is 9.59 Å². The van der Waals surface area contributed by atoms with Crippen LogP contribution in [0.3, 0.4) is 0 Å². The summed E-state index contributed by atoms with van der Waals surface area (Å²) in [5.41, 5.74) is 0. The monoisotopic (exact) mass is 508 g/mol. The first-order chi connectivity index (χ1) is 17.7. The number of hydrogen-bond donors (Lipinski definition) is 0. The van der Waals surface area contributed by atoms with Gasteiger partial charge in [0, 0.05) is 0 Å². The van der Waals surface area contributed by atoms with E-state index >= 15 is 0 Å². The van der Waals surface area contributed by atoms with Crippen molar-refractivity contribution in [3.63, 3.8) is 0 Å². The van der Waals surface area contributed by atoms with Crippen LogP contribution in [-0.4, -0.2) is 25.2 Å². The number of ether oxygens (including phenoxy) is 2. The fourth-order valence-electron chi connectivity index (χ4n) is 5.43. The van der Waals surface area contributed by atoms with Gasteiger partial charge in [-0.15, -0.1) is 0 Å². The number of hydrogen-bond acceptors (Lipinski definition) is 4. The lowest BCUT2D eigenvalue weighted by molar-refractivity contribution is -0.163. The molecule has 36 heavy (non-hydrogen) atoms. The summed E-state index contributed by atoms with van der Waals surface area (Å²) < 4.78 is 11.2. The topological polar surface area (TPSA) is 52.6 Å². The molecule has 0 spiro atoms. The van der Waals surface area contributed by atoms with Crippen LogP contribution in [0, 0.1) is 11.8 Å². The molecule has 0 aliphatic heterocycles. The molecule has 1 aliphatic carbocycles. The van der Waals surface area contributed by atoms with Crippen molar-refractivity contribution in [3.05, 3.63) is 0 Å². The maximum atomic E-state index is 12.7. The maximum Gasteiger partial charge on any atom is 0.309 e. The van der Waals surface area contributed by atoms with Gasteiger partial charge in [-0.2, -0.15) is 0 Å². The highest BCUT2D eigenvalue weighted by Gasteiger charge is 2.37. The Hall–Kier alpha value is -1.06. The Bertz CT molecular complexity index is 472. The molecule has 1 saturated carbocycles. The molecule has 0 N–H and O–H groups in total. The van der Waals surface area contributed by atoms with Crippen molar-refractivity contribution in [1.29, 1.82) is 0 Å². The summed E-state index contributed by atoms with van der Waals surface area (Å²) in [5, 5.41) is 0. The molecule has 0 radical (unpaired) electrons. The SMILES string of the molecule is CCCCCCCCCCCCOC(=O)C1CCCCC1C(=O)OCCCCCCCCCCCC.